The highest BCUT2D eigenvalue weighted by molar-refractivity contribution is 5.94. The molecule has 0 aliphatic heterocycles. The molecule has 6 nitrogen and oxygen atoms in total. The summed E-state index contributed by atoms with van der Waals surface area (Å²) in [6.07, 6.45) is 2.50. The number of amides is 1. The van der Waals surface area contributed by atoms with Gasteiger partial charge >= 0.3 is 0 Å². The average Bonchev–Trinajstić information content (AvgIpc) is 2.47. The minimum absolute atomic E-state index is 0.0987. The molecule has 6 heteroatoms. The summed E-state index contributed by atoms with van der Waals surface area (Å²) in [5.74, 6) is 5.64. The van der Waals surface area contributed by atoms with Crippen molar-refractivity contribution in [2.75, 3.05) is 31.6 Å². The Morgan fingerprint density at radius 3 is 2.79 bits per heavy atom. The molecular weight excluding hydrogens is 242 g/mol. The molecule has 0 radical (unpaired) electrons. The van der Waals surface area contributed by atoms with Crippen molar-refractivity contribution in [3.8, 4) is 0 Å². The molecule has 0 aliphatic carbocycles. The van der Waals surface area contributed by atoms with E-state index in [4.69, 9.17) is 5.84 Å². The first-order chi connectivity index (χ1) is 9.21. The first-order valence-electron chi connectivity index (χ1n) is 6.64. The molecule has 0 bridgehead atoms. The summed E-state index contributed by atoms with van der Waals surface area (Å²) in [5, 5.41) is 2.89. The highest BCUT2D eigenvalue weighted by atomic mass is 16.1. The molecule has 1 aromatic heterocycles. The van der Waals surface area contributed by atoms with Crippen LogP contribution in [0.5, 0.6) is 0 Å². The van der Waals surface area contributed by atoms with Crippen molar-refractivity contribution in [2.45, 2.75) is 20.3 Å². The fraction of sp³-hybridized carbons (Fsp3) is 0.538. The standard InChI is InChI=1S/C13H23N5O/c1-3-18(4-2)9-5-7-16-13(19)11-6-8-15-12(10-11)17-14/h6,8,10H,3-5,7,9,14H2,1-2H3,(H,15,17)(H,16,19). The van der Waals surface area contributed by atoms with Gasteiger partial charge in [-0.05, 0) is 38.2 Å². The van der Waals surface area contributed by atoms with Gasteiger partial charge < -0.3 is 15.6 Å². The van der Waals surface area contributed by atoms with Crippen molar-refractivity contribution >= 4 is 11.7 Å². The fourth-order valence-electron chi connectivity index (χ4n) is 1.80. The maximum atomic E-state index is 11.9. The Bertz CT molecular complexity index is 392. The zero-order valence-corrected chi connectivity index (χ0v) is 11.6. The number of carbonyl (C=O) groups excluding carboxylic acids is 1. The molecule has 1 rings (SSSR count). The number of anilines is 1. The Kier molecular flexibility index (Phi) is 6.84. The second-order valence-corrected chi connectivity index (χ2v) is 4.21. The predicted molar refractivity (Wildman–Crippen MR) is 76.8 cm³/mol. The predicted octanol–water partition coefficient (Wildman–Crippen LogP) is 0.829. The van der Waals surface area contributed by atoms with Gasteiger partial charge in [0.15, 0.2) is 0 Å². The van der Waals surface area contributed by atoms with E-state index in [0.29, 0.717) is 17.9 Å². The lowest BCUT2D eigenvalue weighted by atomic mass is 10.2. The van der Waals surface area contributed by atoms with Crippen LogP contribution in [-0.4, -0.2) is 42.0 Å². The zero-order valence-electron chi connectivity index (χ0n) is 11.6. The van der Waals surface area contributed by atoms with E-state index >= 15 is 0 Å². The van der Waals surface area contributed by atoms with Crippen LogP contribution in [0.4, 0.5) is 5.82 Å². The van der Waals surface area contributed by atoms with E-state index in [0.717, 1.165) is 26.1 Å². The van der Waals surface area contributed by atoms with Gasteiger partial charge in [0.05, 0.1) is 0 Å². The SMILES string of the molecule is CCN(CC)CCCNC(=O)c1ccnc(NN)c1. The van der Waals surface area contributed by atoms with Gasteiger partial charge in [-0.15, -0.1) is 0 Å². The first kappa shape index (κ1) is 15.4. The largest absolute Gasteiger partial charge is 0.352 e. The van der Waals surface area contributed by atoms with Crippen LogP contribution in [0.15, 0.2) is 18.3 Å². The summed E-state index contributed by atoms with van der Waals surface area (Å²) >= 11 is 0. The topological polar surface area (TPSA) is 83.3 Å². The molecule has 19 heavy (non-hydrogen) atoms. The monoisotopic (exact) mass is 265 g/mol. The zero-order chi connectivity index (χ0) is 14.1. The van der Waals surface area contributed by atoms with Gasteiger partial charge in [-0.25, -0.2) is 10.8 Å². The van der Waals surface area contributed by atoms with Crippen LogP contribution in [-0.2, 0) is 0 Å². The van der Waals surface area contributed by atoms with Gasteiger partial charge in [-0.3, -0.25) is 4.79 Å². The number of hydrogen-bond acceptors (Lipinski definition) is 5. The molecule has 0 aliphatic rings. The Labute approximate surface area is 114 Å². The van der Waals surface area contributed by atoms with Crippen molar-refractivity contribution in [1.82, 2.24) is 15.2 Å². The van der Waals surface area contributed by atoms with E-state index in [1.165, 1.54) is 0 Å². The normalized spacial score (nSPS) is 10.5. The van der Waals surface area contributed by atoms with Crippen LogP contribution in [0.1, 0.15) is 30.6 Å². The van der Waals surface area contributed by atoms with Crippen molar-refractivity contribution < 1.29 is 4.79 Å². The summed E-state index contributed by atoms with van der Waals surface area (Å²) in [7, 11) is 0. The number of carbonyl (C=O) groups is 1. The molecule has 0 atom stereocenters. The summed E-state index contributed by atoms with van der Waals surface area (Å²) in [6.45, 7) is 8.03. The minimum Gasteiger partial charge on any atom is -0.352 e. The third kappa shape index (κ3) is 5.23. The van der Waals surface area contributed by atoms with Crippen LogP contribution in [0, 0.1) is 0 Å². The van der Waals surface area contributed by atoms with Gasteiger partial charge in [-0.1, -0.05) is 13.8 Å². The molecule has 0 fully saturated rings. The Morgan fingerprint density at radius 1 is 1.42 bits per heavy atom. The van der Waals surface area contributed by atoms with Gasteiger partial charge in [0.2, 0.25) is 0 Å². The third-order valence-corrected chi connectivity index (χ3v) is 3.00. The van der Waals surface area contributed by atoms with Gasteiger partial charge in [0.1, 0.15) is 5.82 Å². The van der Waals surface area contributed by atoms with Crippen molar-refractivity contribution in [1.29, 1.82) is 0 Å². The van der Waals surface area contributed by atoms with E-state index in [-0.39, 0.29) is 5.91 Å². The van der Waals surface area contributed by atoms with E-state index in [2.05, 4.69) is 34.5 Å². The number of hydrazine groups is 1. The van der Waals surface area contributed by atoms with Crippen LogP contribution in [0.3, 0.4) is 0 Å². The molecule has 0 saturated carbocycles. The van der Waals surface area contributed by atoms with Gasteiger partial charge in [0, 0.05) is 18.3 Å². The molecule has 0 spiro atoms. The molecule has 0 unspecified atom stereocenters. The summed E-state index contributed by atoms with van der Waals surface area (Å²) < 4.78 is 0. The minimum atomic E-state index is -0.0987. The lowest BCUT2D eigenvalue weighted by Gasteiger charge is -2.17. The number of nitrogen functional groups attached to an aromatic ring is 1. The van der Waals surface area contributed by atoms with Crippen LogP contribution in [0.25, 0.3) is 0 Å². The average molecular weight is 265 g/mol. The van der Waals surface area contributed by atoms with Gasteiger partial charge in [-0.2, -0.15) is 0 Å². The number of nitrogens with two attached hydrogens (primary N) is 1. The Balaban J connectivity index is 2.34. The number of pyridine rings is 1. The second-order valence-electron chi connectivity index (χ2n) is 4.21. The Morgan fingerprint density at radius 2 is 2.16 bits per heavy atom. The summed E-state index contributed by atoms with van der Waals surface area (Å²) in [6, 6.07) is 3.29. The molecule has 1 heterocycles. The van der Waals surface area contributed by atoms with Crippen LogP contribution in [0.2, 0.25) is 0 Å². The van der Waals surface area contributed by atoms with E-state index in [1.807, 2.05) is 0 Å². The number of rotatable bonds is 8. The summed E-state index contributed by atoms with van der Waals surface area (Å²) in [5.41, 5.74) is 2.98. The molecule has 1 amide bonds. The number of aromatic nitrogens is 1. The highest BCUT2D eigenvalue weighted by Gasteiger charge is 2.06. The quantitative estimate of drug-likeness (QED) is 0.368. The second kappa shape index (κ2) is 8.44. The third-order valence-electron chi connectivity index (χ3n) is 3.00. The van der Waals surface area contributed by atoms with Crippen LogP contribution < -0.4 is 16.6 Å². The van der Waals surface area contributed by atoms with E-state index in [9.17, 15) is 4.79 Å². The fourth-order valence-corrected chi connectivity index (χ4v) is 1.80. The van der Waals surface area contributed by atoms with Crippen molar-refractivity contribution in [2.24, 2.45) is 5.84 Å². The molecule has 1 aromatic rings. The molecule has 0 aromatic carbocycles. The van der Waals surface area contributed by atoms with E-state index < -0.39 is 0 Å². The van der Waals surface area contributed by atoms with E-state index in [1.54, 1.807) is 18.3 Å². The summed E-state index contributed by atoms with van der Waals surface area (Å²) in [4.78, 5) is 18.2. The molecule has 0 saturated heterocycles. The maximum Gasteiger partial charge on any atom is 0.251 e. The Hall–Kier alpha value is -1.66. The lowest BCUT2D eigenvalue weighted by Crippen LogP contribution is -2.30. The smallest absolute Gasteiger partial charge is 0.251 e. The van der Waals surface area contributed by atoms with Crippen LogP contribution >= 0.6 is 0 Å². The molecule has 106 valence electrons. The number of nitrogens with one attached hydrogen (secondary N) is 2. The lowest BCUT2D eigenvalue weighted by molar-refractivity contribution is 0.0952. The highest BCUT2D eigenvalue weighted by Crippen LogP contribution is 2.04. The van der Waals surface area contributed by atoms with Crippen molar-refractivity contribution in [3.63, 3.8) is 0 Å². The first-order valence-corrected chi connectivity index (χ1v) is 6.64. The number of nitrogens with zero attached hydrogens (tertiary/aromatic N) is 2. The van der Waals surface area contributed by atoms with Crippen molar-refractivity contribution in [3.05, 3.63) is 23.9 Å². The number of hydrogen-bond donors (Lipinski definition) is 3. The van der Waals surface area contributed by atoms with Gasteiger partial charge in [0.25, 0.3) is 5.91 Å². The molecule has 4 N–H and O–H groups in total. The molecular formula is C13H23N5O. The maximum absolute atomic E-state index is 11.9.